The summed E-state index contributed by atoms with van der Waals surface area (Å²) in [6.07, 6.45) is 0.706. The number of aliphatic carboxylic acids is 1. The number of rotatable bonds is 7. The highest BCUT2D eigenvalue weighted by Crippen LogP contribution is 2.44. The van der Waals surface area contributed by atoms with Crippen molar-refractivity contribution in [2.45, 2.75) is 12.8 Å². The lowest BCUT2D eigenvalue weighted by atomic mass is 9.98. The number of carbonyl (C=O) groups is 3. The average Bonchev–Trinajstić information content (AvgIpc) is 3.17. The first-order valence-electron chi connectivity index (χ1n) is 10.9. The van der Waals surface area contributed by atoms with Crippen molar-refractivity contribution in [3.05, 3.63) is 100 Å². The Morgan fingerprint density at radius 1 is 1.00 bits per heavy atom. The van der Waals surface area contributed by atoms with E-state index in [-0.39, 0.29) is 40.9 Å². The first-order chi connectivity index (χ1) is 16.8. The van der Waals surface area contributed by atoms with E-state index < -0.39 is 18.0 Å². The fourth-order valence-electron chi connectivity index (χ4n) is 3.99. The molecular weight excluding hydrogens is 468 g/mol. The molecule has 8 heteroatoms. The van der Waals surface area contributed by atoms with Gasteiger partial charge in [0, 0.05) is 23.6 Å². The zero-order chi connectivity index (χ0) is 24.9. The molecule has 0 aromatic heterocycles. The summed E-state index contributed by atoms with van der Waals surface area (Å²) in [4.78, 5) is 35.8. The van der Waals surface area contributed by atoms with E-state index in [0.717, 1.165) is 22.3 Å². The number of halogens is 1. The molecule has 1 aliphatic rings. The number of anilines is 1. The molecule has 3 aromatic rings. The fourth-order valence-corrected chi connectivity index (χ4v) is 4.16. The van der Waals surface area contributed by atoms with Crippen LogP contribution in [0.2, 0.25) is 5.02 Å². The van der Waals surface area contributed by atoms with E-state index >= 15 is 0 Å². The van der Waals surface area contributed by atoms with E-state index in [4.69, 9.17) is 21.4 Å². The molecule has 0 fully saturated rings. The van der Waals surface area contributed by atoms with Crippen LogP contribution in [0.1, 0.15) is 34.3 Å². The summed E-state index contributed by atoms with van der Waals surface area (Å²) in [5.41, 5.74) is 5.08. The van der Waals surface area contributed by atoms with Crippen LogP contribution in [0.15, 0.2) is 78.4 Å². The maximum absolute atomic E-state index is 12.6. The van der Waals surface area contributed by atoms with Crippen LogP contribution in [0.5, 0.6) is 0 Å². The maximum atomic E-state index is 12.6. The second-order valence-corrected chi connectivity index (χ2v) is 8.45. The lowest BCUT2D eigenvalue weighted by molar-refractivity contribution is -0.132. The molecule has 0 unspecified atom stereocenters. The number of carboxylic acids is 1. The lowest BCUT2D eigenvalue weighted by Gasteiger charge is -2.15. The van der Waals surface area contributed by atoms with E-state index in [1.807, 2.05) is 36.4 Å². The molecule has 4 rings (SSSR count). The zero-order valence-electron chi connectivity index (χ0n) is 18.9. The second kappa shape index (κ2) is 10.4. The largest absolute Gasteiger partial charge is 0.478 e. The van der Waals surface area contributed by atoms with Gasteiger partial charge in [-0.15, -0.1) is 0 Å². The molecule has 0 atom stereocenters. The second-order valence-electron chi connectivity index (χ2n) is 8.05. The van der Waals surface area contributed by atoms with Crippen LogP contribution < -0.4 is 10.6 Å². The van der Waals surface area contributed by atoms with E-state index in [2.05, 4.69) is 22.8 Å². The highest BCUT2D eigenvalue weighted by Gasteiger charge is 2.29. The number of benzene rings is 3. The Morgan fingerprint density at radius 3 is 2.26 bits per heavy atom. The number of fused-ring (bicyclic) bond motifs is 3. The Balaban J connectivity index is 1.40. The van der Waals surface area contributed by atoms with Crippen molar-refractivity contribution in [2.24, 2.45) is 0 Å². The molecule has 0 saturated carbocycles. The molecule has 0 spiro atoms. The van der Waals surface area contributed by atoms with Crippen molar-refractivity contribution in [2.75, 3.05) is 18.5 Å². The molecule has 1 aliphatic carbocycles. The van der Waals surface area contributed by atoms with Crippen LogP contribution in [-0.2, 0) is 9.53 Å². The molecule has 0 heterocycles. The molecule has 2 amide bonds. The molecular formula is C27H23ClN2O5. The van der Waals surface area contributed by atoms with Gasteiger partial charge < -0.3 is 15.2 Å². The van der Waals surface area contributed by atoms with Crippen molar-refractivity contribution >= 4 is 35.3 Å². The van der Waals surface area contributed by atoms with Crippen LogP contribution in [-0.4, -0.2) is 36.2 Å². The topological polar surface area (TPSA) is 105 Å². The van der Waals surface area contributed by atoms with Gasteiger partial charge in [0.2, 0.25) is 0 Å². The van der Waals surface area contributed by atoms with Gasteiger partial charge in [-0.05, 0) is 47.4 Å². The Morgan fingerprint density at radius 2 is 1.63 bits per heavy atom. The Kier molecular flexibility index (Phi) is 7.17. The van der Waals surface area contributed by atoms with Crippen LogP contribution >= 0.6 is 11.6 Å². The van der Waals surface area contributed by atoms with Crippen LogP contribution in [0.3, 0.4) is 0 Å². The first kappa shape index (κ1) is 24.0. The summed E-state index contributed by atoms with van der Waals surface area (Å²) in [6.45, 7) is 1.63. The number of hydrogen-bond acceptors (Lipinski definition) is 4. The summed E-state index contributed by atoms with van der Waals surface area (Å²) >= 11 is 6.21. The van der Waals surface area contributed by atoms with Crippen molar-refractivity contribution in [3.63, 3.8) is 0 Å². The number of nitrogens with one attached hydrogen (secondary N) is 2. The predicted molar refractivity (Wildman–Crippen MR) is 134 cm³/mol. The summed E-state index contributed by atoms with van der Waals surface area (Å²) < 4.78 is 5.54. The minimum absolute atomic E-state index is 0.0503. The van der Waals surface area contributed by atoms with Crippen LogP contribution in [0, 0.1) is 0 Å². The average molecular weight is 491 g/mol. The zero-order valence-corrected chi connectivity index (χ0v) is 19.6. The van der Waals surface area contributed by atoms with Gasteiger partial charge >= 0.3 is 12.1 Å². The monoisotopic (exact) mass is 490 g/mol. The van der Waals surface area contributed by atoms with Gasteiger partial charge in [-0.3, -0.25) is 10.1 Å². The van der Waals surface area contributed by atoms with Gasteiger partial charge in [-0.1, -0.05) is 66.2 Å². The molecule has 3 aromatic carbocycles. The van der Waals surface area contributed by atoms with Gasteiger partial charge in [0.25, 0.3) is 5.91 Å². The van der Waals surface area contributed by atoms with E-state index in [9.17, 15) is 14.4 Å². The van der Waals surface area contributed by atoms with Gasteiger partial charge in [0.1, 0.15) is 6.61 Å². The molecule has 178 valence electrons. The third kappa shape index (κ3) is 5.36. The Hall–Kier alpha value is -4.10. The van der Waals surface area contributed by atoms with E-state index in [1.54, 1.807) is 0 Å². The summed E-state index contributed by atoms with van der Waals surface area (Å²) in [7, 11) is 0. The SMILES string of the molecule is C/C(=C\CNC(=O)c1ccc(Cl)c(NC(=O)OCC2c3ccccc3-c3ccccc32)c1)C(=O)O. The number of amides is 2. The fraction of sp³-hybridized carbons (Fsp3) is 0.148. The van der Waals surface area contributed by atoms with Gasteiger partial charge in [-0.2, -0.15) is 0 Å². The minimum Gasteiger partial charge on any atom is -0.478 e. The predicted octanol–water partition coefficient (Wildman–Crippen LogP) is 5.46. The summed E-state index contributed by atoms with van der Waals surface area (Å²) in [5.74, 6) is -1.57. The molecule has 3 N–H and O–H groups in total. The standard InChI is InChI=1S/C27H23ClN2O5/c1-16(26(32)33)12-13-29-25(31)17-10-11-23(28)24(14-17)30-27(34)35-15-22-20-8-4-2-6-18(20)19-7-3-5-9-21(19)22/h2-12,14,22H,13,15H2,1H3,(H,29,31)(H,30,34)(H,32,33)/b16-12+. The third-order valence-corrected chi connectivity index (χ3v) is 6.15. The van der Waals surface area contributed by atoms with Crippen LogP contribution in [0.25, 0.3) is 11.1 Å². The number of ether oxygens (including phenoxy) is 1. The smallest absolute Gasteiger partial charge is 0.411 e. The maximum Gasteiger partial charge on any atom is 0.411 e. The third-order valence-electron chi connectivity index (χ3n) is 5.82. The minimum atomic E-state index is -1.06. The van der Waals surface area contributed by atoms with Gasteiger partial charge in [-0.25, -0.2) is 9.59 Å². The Labute approximate surface area is 207 Å². The van der Waals surface area contributed by atoms with Crippen molar-refractivity contribution in [3.8, 4) is 11.1 Å². The normalized spacial score (nSPS) is 12.5. The van der Waals surface area contributed by atoms with E-state index in [0.29, 0.717) is 0 Å². The molecule has 0 radical (unpaired) electrons. The molecule has 7 nitrogen and oxygen atoms in total. The van der Waals surface area contributed by atoms with Gasteiger partial charge in [0.05, 0.1) is 10.7 Å². The number of carboxylic acid groups (broad SMARTS) is 1. The number of carbonyl (C=O) groups excluding carboxylic acids is 2. The molecule has 0 aliphatic heterocycles. The quantitative estimate of drug-likeness (QED) is 0.381. The van der Waals surface area contributed by atoms with Gasteiger partial charge in [0.15, 0.2) is 0 Å². The highest BCUT2D eigenvalue weighted by molar-refractivity contribution is 6.33. The molecule has 0 bridgehead atoms. The summed E-state index contributed by atoms with van der Waals surface area (Å²) in [6, 6.07) is 20.5. The summed E-state index contributed by atoms with van der Waals surface area (Å²) in [5, 5.41) is 14.3. The number of hydrogen-bond donors (Lipinski definition) is 3. The molecule has 0 saturated heterocycles. The first-order valence-corrected chi connectivity index (χ1v) is 11.3. The van der Waals surface area contributed by atoms with Crippen molar-refractivity contribution in [1.29, 1.82) is 0 Å². The Bertz CT molecular complexity index is 1290. The highest BCUT2D eigenvalue weighted by atomic mass is 35.5. The molecule has 35 heavy (non-hydrogen) atoms. The van der Waals surface area contributed by atoms with Crippen molar-refractivity contribution < 1.29 is 24.2 Å². The lowest BCUT2D eigenvalue weighted by Crippen LogP contribution is -2.24. The van der Waals surface area contributed by atoms with E-state index in [1.165, 1.54) is 31.2 Å². The van der Waals surface area contributed by atoms with Crippen molar-refractivity contribution in [1.82, 2.24) is 5.32 Å². The van der Waals surface area contributed by atoms with Crippen LogP contribution in [0.4, 0.5) is 10.5 Å².